The van der Waals surface area contributed by atoms with Crippen LogP contribution in [0.15, 0.2) is 201 Å². The van der Waals surface area contributed by atoms with Crippen molar-refractivity contribution in [2.24, 2.45) is 0 Å². The van der Waals surface area contributed by atoms with E-state index in [1.807, 2.05) is 30.3 Å². The van der Waals surface area contributed by atoms with E-state index in [0.717, 1.165) is 105 Å². The molecule has 56 heavy (non-hydrogen) atoms. The molecule has 0 aliphatic heterocycles. The molecule has 0 spiro atoms. The van der Waals surface area contributed by atoms with Gasteiger partial charge in [0.25, 0.3) is 0 Å². The molecule has 0 saturated heterocycles. The predicted molar refractivity (Wildman–Crippen MR) is 231 cm³/mol. The van der Waals surface area contributed by atoms with Gasteiger partial charge in [0, 0.05) is 55.3 Å². The summed E-state index contributed by atoms with van der Waals surface area (Å²) >= 11 is 0. The van der Waals surface area contributed by atoms with Crippen molar-refractivity contribution in [1.29, 1.82) is 0 Å². The van der Waals surface area contributed by atoms with Gasteiger partial charge in [0.2, 0.25) is 0 Å². The van der Waals surface area contributed by atoms with E-state index in [1.165, 1.54) is 10.8 Å². The smallest absolute Gasteiger partial charge is 0.137 e. The van der Waals surface area contributed by atoms with Gasteiger partial charge >= 0.3 is 0 Å². The van der Waals surface area contributed by atoms with Crippen LogP contribution in [0.5, 0.6) is 0 Å². The highest BCUT2D eigenvalue weighted by Crippen LogP contribution is 2.45. The fourth-order valence-electron chi connectivity index (χ4n) is 8.63. The summed E-state index contributed by atoms with van der Waals surface area (Å²) in [5.41, 5.74) is 12.8. The van der Waals surface area contributed by atoms with Crippen molar-refractivity contribution in [1.82, 2.24) is 0 Å². The summed E-state index contributed by atoms with van der Waals surface area (Å²) in [6.45, 7) is 0. The van der Waals surface area contributed by atoms with Crippen molar-refractivity contribution in [2.75, 3.05) is 4.90 Å². The molecule has 3 aromatic heterocycles. The highest BCUT2D eigenvalue weighted by Gasteiger charge is 2.21. The third kappa shape index (κ3) is 4.73. The molecular formula is C52H31NO3. The molecule has 0 atom stereocenters. The van der Waals surface area contributed by atoms with Crippen LogP contribution in [0.2, 0.25) is 0 Å². The van der Waals surface area contributed by atoms with E-state index >= 15 is 0 Å². The van der Waals surface area contributed by atoms with Crippen LogP contribution in [0.4, 0.5) is 17.1 Å². The summed E-state index contributed by atoms with van der Waals surface area (Å²) in [7, 11) is 0. The number of fused-ring (bicyclic) bond motifs is 10. The van der Waals surface area contributed by atoms with Crippen molar-refractivity contribution >= 4 is 93.7 Å². The van der Waals surface area contributed by atoms with Gasteiger partial charge in [-0.25, -0.2) is 0 Å². The van der Waals surface area contributed by atoms with Crippen LogP contribution in [-0.4, -0.2) is 0 Å². The maximum absolute atomic E-state index is 6.44. The Morgan fingerprint density at radius 1 is 0.304 bits per heavy atom. The molecular weight excluding hydrogens is 687 g/mol. The molecule has 3 heterocycles. The molecule has 0 bridgehead atoms. The van der Waals surface area contributed by atoms with Crippen LogP contribution in [0.25, 0.3) is 98.8 Å². The molecule has 262 valence electrons. The molecule has 12 rings (SSSR count). The maximum Gasteiger partial charge on any atom is 0.137 e. The number of hydrogen-bond donors (Lipinski definition) is 0. The molecule has 0 radical (unpaired) electrons. The topological polar surface area (TPSA) is 42.7 Å². The molecule has 0 fully saturated rings. The zero-order valence-electron chi connectivity index (χ0n) is 30.1. The highest BCUT2D eigenvalue weighted by atomic mass is 16.3. The minimum Gasteiger partial charge on any atom is -0.456 e. The van der Waals surface area contributed by atoms with Gasteiger partial charge in [-0.15, -0.1) is 0 Å². The SMILES string of the molecule is c1ccc(N(c2ccc(-c3cccc4oc5ccccc5c34)cc2)c2ccc3c(c2)oc2ccccc23)c(-c2ccc3oc4cc5ccccc5cc4c3c2)c1. The number of anilines is 3. The van der Waals surface area contributed by atoms with Gasteiger partial charge in [0.05, 0.1) is 5.69 Å². The van der Waals surface area contributed by atoms with Gasteiger partial charge in [0.15, 0.2) is 0 Å². The Morgan fingerprint density at radius 3 is 1.73 bits per heavy atom. The van der Waals surface area contributed by atoms with Crippen LogP contribution in [0, 0.1) is 0 Å². The third-order valence-corrected chi connectivity index (χ3v) is 11.3. The van der Waals surface area contributed by atoms with Crippen molar-refractivity contribution in [3.8, 4) is 22.3 Å². The van der Waals surface area contributed by atoms with Crippen LogP contribution in [0.3, 0.4) is 0 Å². The lowest BCUT2D eigenvalue weighted by atomic mass is 9.98. The lowest BCUT2D eigenvalue weighted by Crippen LogP contribution is -2.11. The third-order valence-electron chi connectivity index (χ3n) is 11.3. The van der Waals surface area contributed by atoms with E-state index in [2.05, 4.69) is 163 Å². The minimum absolute atomic E-state index is 0.847. The van der Waals surface area contributed by atoms with Crippen molar-refractivity contribution in [2.45, 2.75) is 0 Å². The Labute approximate surface area is 321 Å². The highest BCUT2D eigenvalue weighted by molar-refractivity contribution is 6.13. The zero-order valence-corrected chi connectivity index (χ0v) is 30.1. The Morgan fingerprint density at radius 2 is 0.875 bits per heavy atom. The van der Waals surface area contributed by atoms with E-state index in [0.29, 0.717) is 0 Å². The maximum atomic E-state index is 6.44. The largest absolute Gasteiger partial charge is 0.456 e. The molecule has 4 nitrogen and oxygen atoms in total. The first kappa shape index (κ1) is 30.9. The number of benzene rings is 9. The zero-order chi connectivity index (χ0) is 36.7. The quantitative estimate of drug-likeness (QED) is 0.178. The summed E-state index contributed by atoms with van der Waals surface area (Å²) in [6.07, 6.45) is 0. The average Bonchev–Trinajstić information content (AvgIpc) is 3.94. The second-order valence-corrected chi connectivity index (χ2v) is 14.5. The number of nitrogens with zero attached hydrogens (tertiary/aromatic N) is 1. The van der Waals surface area contributed by atoms with Gasteiger partial charge < -0.3 is 18.2 Å². The van der Waals surface area contributed by atoms with Crippen molar-refractivity contribution in [3.63, 3.8) is 0 Å². The summed E-state index contributed by atoms with van der Waals surface area (Å²) in [5.74, 6) is 0. The van der Waals surface area contributed by atoms with E-state index in [4.69, 9.17) is 13.3 Å². The summed E-state index contributed by atoms with van der Waals surface area (Å²) in [6, 6.07) is 66.2. The average molecular weight is 718 g/mol. The summed E-state index contributed by atoms with van der Waals surface area (Å²) in [5, 5.41) is 9.03. The Kier molecular flexibility index (Phi) is 6.60. The van der Waals surface area contributed by atoms with Crippen LogP contribution < -0.4 is 4.90 Å². The second-order valence-electron chi connectivity index (χ2n) is 14.5. The molecule has 0 aliphatic carbocycles. The van der Waals surface area contributed by atoms with Crippen LogP contribution >= 0.6 is 0 Å². The summed E-state index contributed by atoms with van der Waals surface area (Å²) in [4.78, 5) is 2.34. The first-order valence-electron chi connectivity index (χ1n) is 18.9. The molecule has 0 amide bonds. The molecule has 0 saturated carbocycles. The number of rotatable bonds is 5. The van der Waals surface area contributed by atoms with Gasteiger partial charge in [0.1, 0.15) is 33.5 Å². The lowest BCUT2D eigenvalue weighted by molar-refractivity contribution is 0.668. The molecule has 9 aromatic carbocycles. The molecule has 0 aliphatic rings. The normalized spacial score (nSPS) is 11.9. The minimum atomic E-state index is 0.847. The van der Waals surface area contributed by atoms with Crippen LogP contribution in [0.1, 0.15) is 0 Å². The van der Waals surface area contributed by atoms with Gasteiger partial charge in [-0.05, 0) is 100 Å². The molecule has 0 unspecified atom stereocenters. The first-order valence-corrected chi connectivity index (χ1v) is 18.9. The van der Waals surface area contributed by atoms with Gasteiger partial charge in [-0.3, -0.25) is 0 Å². The van der Waals surface area contributed by atoms with E-state index in [1.54, 1.807) is 0 Å². The fourth-order valence-corrected chi connectivity index (χ4v) is 8.63. The van der Waals surface area contributed by atoms with E-state index in [9.17, 15) is 0 Å². The predicted octanol–water partition coefficient (Wildman–Crippen LogP) is 15.3. The van der Waals surface area contributed by atoms with Crippen molar-refractivity contribution < 1.29 is 13.3 Å². The van der Waals surface area contributed by atoms with Gasteiger partial charge in [-0.2, -0.15) is 0 Å². The second kappa shape index (κ2) is 12.0. The number of para-hydroxylation sites is 3. The lowest BCUT2D eigenvalue weighted by Gasteiger charge is -2.28. The molecule has 0 N–H and O–H groups in total. The summed E-state index contributed by atoms with van der Waals surface area (Å²) < 4.78 is 19.1. The van der Waals surface area contributed by atoms with Crippen LogP contribution in [-0.2, 0) is 0 Å². The number of hydrogen-bond acceptors (Lipinski definition) is 4. The Hall–Kier alpha value is -7.56. The molecule has 4 heteroatoms. The van der Waals surface area contributed by atoms with E-state index < -0.39 is 0 Å². The first-order chi connectivity index (χ1) is 27.7. The Bertz CT molecular complexity index is 3490. The fraction of sp³-hybridized carbons (Fsp3) is 0. The standard InChI is InChI=1S/C52H31NO3/c1-2-11-34-30-50-44(28-33(34)10-1)43-29-35(22-27-48(43)56-50)38-12-3-6-16-45(38)53(37-25-26-41-40-13-4-7-17-46(40)55-51(41)31-37)36-23-20-32(21-24-36)39-15-9-19-49-52(39)42-14-5-8-18-47(42)54-49/h1-31H. The number of furan rings is 3. The van der Waals surface area contributed by atoms with E-state index in [-0.39, 0.29) is 0 Å². The monoisotopic (exact) mass is 717 g/mol. The molecule has 12 aromatic rings. The van der Waals surface area contributed by atoms with Crippen molar-refractivity contribution in [3.05, 3.63) is 188 Å². The Balaban J connectivity index is 1.04. The van der Waals surface area contributed by atoms with Gasteiger partial charge in [-0.1, -0.05) is 109 Å².